The summed E-state index contributed by atoms with van der Waals surface area (Å²) in [5, 5.41) is 3.73. The number of benzene rings is 2. The summed E-state index contributed by atoms with van der Waals surface area (Å²) in [5.74, 6) is 1.83. The highest BCUT2D eigenvalue weighted by Crippen LogP contribution is 2.34. The lowest BCUT2D eigenvalue weighted by molar-refractivity contribution is 0.102. The summed E-state index contributed by atoms with van der Waals surface area (Å²) < 4.78 is 15.9. The van der Waals surface area contributed by atoms with E-state index < -0.39 is 0 Å². The van der Waals surface area contributed by atoms with Gasteiger partial charge in [0, 0.05) is 28.4 Å². The summed E-state index contributed by atoms with van der Waals surface area (Å²) in [4.78, 5) is 16.0. The van der Waals surface area contributed by atoms with E-state index in [9.17, 15) is 4.79 Å². The van der Waals surface area contributed by atoms with Gasteiger partial charge in [0.15, 0.2) is 11.5 Å². The maximum atomic E-state index is 12.8. The summed E-state index contributed by atoms with van der Waals surface area (Å²) in [6.45, 7) is 2.08. The highest BCUT2D eigenvalue weighted by atomic mass is 16.7. The molecule has 1 aliphatic rings. The number of nitrogens with one attached hydrogen (secondary N) is 2. The maximum absolute atomic E-state index is 12.8. The van der Waals surface area contributed by atoms with Crippen molar-refractivity contribution in [3.05, 3.63) is 47.7 Å². The Kier molecular flexibility index (Phi) is 3.30. The summed E-state index contributed by atoms with van der Waals surface area (Å²) in [6.07, 6.45) is 0. The van der Waals surface area contributed by atoms with Crippen molar-refractivity contribution in [2.45, 2.75) is 6.92 Å². The van der Waals surface area contributed by atoms with Gasteiger partial charge in [0.25, 0.3) is 5.91 Å². The van der Waals surface area contributed by atoms with E-state index in [0.717, 1.165) is 16.6 Å². The SMILES string of the molecule is COc1ccc2[nH]c(C)c(C(=O)Nc3ccc4c(c3)OCO4)c2c1. The summed E-state index contributed by atoms with van der Waals surface area (Å²) in [6, 6.07) is 10.9. The fraction of sp³-hybridized carbons (Fsp3) is 0.167. The zero-order valence-corrected chi connectivity index (χ0v) is 13.3. The van der Waals surface area contributed by atoms with Gasteiger partial charge in [-0.3, -0.25) is 4.79 Å². The molecule has 24 heavy (non-hydrogen) atoms. The molecular formula is C18H16N2O4. The minimum absolute atomic E-state index is 0.189. The number of H-pyrrole nitrogens is 1. The van der Waals surface area contributed by atoms with Crippen molar-refractivity contribution < 1.29 is 19.0 Å². The minimum Gasteiger partial charge on any atom is -0.497 e. The van der Waals surface area contributed by atoms with Gasteiger partial charge in [-0.25, -0.2) is 0 Å². The van der Waals surface area contributed by atoms with E-state index in [-0.39, 0.29) is 12.7 Å². The van der Waals surface area contributed by atoms with Gasteiger partial charge in [0.2, 0.25) is 6.79 Å². The van der Waals surface area contributed by atoms with Crippen LogP contribution in [0.3, 0.4) is 0 Å². The van der Waals surface area contributed by atoms with Gasteiger partial charge in [0.05, 0.1) is 12.7 Å². The quantitative estimate of drug-likeness (QED) is 0.774. The first-order chi connectivity index (χ1) is 11.7. The Hall–Kier alpha value is -3.15. The van der Waals surface area contributed by atoms with Gasteiger partial charge < -0.3 is 24.5 Å². The average molecular weight is 324 g/mol. The van der Waals surface area contributed by atoms with Crippen molar-refractivity contribution in [2.24, 2.45) is 0 Å². The molecule has 0 atom stereocenters. The van der Waals surface area contributed by atoms with Crippen LogP contribution in [0.15, 0.2) is 36.4 Å². The van der Waals surface area contributed by atoms with E-state index >= 15 is 0 Å². The van der Waals surface area contributed by atoms with Crippen molar-refractivity contribution in [1.29, 1.82) is 0 Å². The molecule has 6 heteroatoms. The highest BCUT2D eigenvalue weighted by Gasteiger charge is 2.19. The fourth-order valence-electron chi connectivity index (χ4n) is 2.89. The number of hydrogen-bond acceptors (Lipinski definition) is 4. The lowest BCUT2D eigenvalue weighted by Crippen LogP contribution is -2.12. The van der Waals surface area contributed by atoms with Gasteiger partial charge in [0.1, 0.15) is 5.75 Å². The number of carbonyl (C=O) groups excluding carboxylic acids is 1. The third-order valence-electron chi connectivity index (χ3n) is 4.05. The van der Waals surface area contributed by atoms with Gasteiger partial charge >= 0.3 is 0 Å². The number of amides is 1. The summed E-state index contributed by atoms with van der Waals surface area (Å²) in [5.41, 5.74) is 2.95. The molecule has 4 rings (SSSR count). The van der Waals surface area contributed by atoms with Gasteiger partial charge in [-0.05, 0) is 37.3 Å². The number of hydrogen-bond donors (Lipinski definition) is 2. The predicted molar refractivity (Wildman–Crippen MR) is 90.1 cm³/mol. The van der Waals surface area contributed by atoms with E-state index in [1.807, 2.05) is 25.1 Å². The van der Waals surface area contributed by atoms with E-state index in [4.69, 9.17) is 14.2 Å². The second-order valence-corrected chi connectivity index (χ2v) is 5.56. The number of fused-ring (bicyclic) bond motifs is 2. The smallest absolute Gasteiger partial charge is 0.258 e. The Labute approximate surface area is 138 Å². The monoisotopic (exact) mass is 324 g/mol. The molecule has 0 saturated heterocycles. The molecule has 2 aromatic carbocycles. The van der Waals surface area contributed by atoms with Crippen LogP contribution >= 0.6 is 0 Å². The molecule has 122 valence electrons. The first kappa shape index (κ1) is 14.4. The molecule has 1 aromatic heterocycles. The van der Waals surface area contributed by atoms with Gasteiger partial charge in [-0.1, -0.05) is 0 Å². The Bertz CT molecular complexity index is 946. The molecule has 0 bridgehead atoms. The topological polar surface area (TPSA) is 72.6 Å². The summed E-state index contributed by atoms with van der Waals surface area (Å²) >= 11 is 0. The van der Waals surface area contributed by atoms with Crippen molar-refractivity contribution in [3.8, 4) is 17.2 Å². The molecule has 1 aliphatic heterocycles. The molecule has 0 saturated carbocycles. The lowest BCUT2D eigenvalue weighted by Gasteiger charge is -2.07. The number of ether oxygens (including phenoxy) is 3. The van der Waals surface area contributed by atoms with Crippen LogP contribution in [0.2, 0.25) is 0 Å². The maximum Gasteiger partial charge on any atom is 0.258 e. The molecule has 2 heterocycles. The number of rotatable bonds is 3. The molecule has 0 radical (unpaired) electrons. The Balaban J connectivity index is 1.69. The Morgan fingerprint density at radius 1 is 1.17 bits per heavy atom. The third-order valence-corrected chi connectivity index (χ3v) is 4.05. The third kappa shape index (κ3) is 2.32. The molecule has 0 spiro atoms. The fourth-order valence-corrected chi connectivity index (χ4v) is 2.89. The first-order valence-electron chi connectivity index (χ1n) is 7.53. The number of carbonyl (C=O) groups is 1. The van der Waals surface area contributed by atoms with Gasteiger partial charge in [-0.2, -0.15) is 0 Å². The number of aromatic nitrogens is 1. The number of aromatic amines is 1. The normalized spacial score (nSPS) is 12.4. The van der Waals surface area contributed by atoms with E-state index in [2.05, 4.69) is 10.3 Å². The van der Waals surface area contributed by atoms with Crippen LogP contribution in [-0.4, -0.2) is 24.8 Å². The summed E-state index contributed by atoms with van der Waals surface area (Å²) in [7, 11) is 1.60. The highest BCUT2D eigenvalue weighted by molar-refractivity contribution is 6.14. The van der Waals surface area contributed by atoms with E-state index in [0.29, 0.717) is 28.5 Å². The van der Waals surface area contributed by atoms with Crippen molar-refractivity contribution in [3.63, 3.8) is 0 Å². The number of aryl methyl sites for hydroxylation is 1. The van der Waals surface area contributed by atoms with Crippen LogP contribution < -0.4 is 19.5 Å². The van der Waals surface area contributed by atoms with Crippen LogP contribution in [0.4, 0.5) is 5.69 Å². The van der Waals surface area contributed by atoms with Crippen LogP contribution in [0.25, 0.3) is 10.9 Å². The Morgan fingerprint density at radius 3 is 2.83 bits per heavy atom. The lowest BCUT2D eigenvalue weighted by atomic mass is 10.1. The molecule has 6 nitrogen and oxygen atoms in total. The van der Waals surface area contributed by atoms with Crippen LogP contribution in [-0.2, 0) is 0 Å². The van der Waals surface area contributed by atoms with Crippen LogP contribution in [0.5, 0.6) is 17.2 Å². The van der Waals surface area contributed by atoms with Crippen molar-refractivity contribution in [1.82, 2.24) is 4.98 Å². The predicted octanol–water partition coefficient (Wildman–Crippen LogP) is 3.47. The molecule has 2 N–H and O–H groups in total. The van der Waals surface area contributed by atoms with E-state index in [1.165, 1.54) is 0 Å². The molecule has 1 amide bonds. The number of anilines is 1. The number of methoxy groups -OCH3 is 1. The minimum atomic E-state index is -0.189. The molecule has 0 aliphatic carbocycles. The zero-order valence-electron chi connectivity index (χ0n) is 13.3. The van der Waals surface area contributed by atoms with Crippen LogP contribution in [0.1, 0.15) is 16.1 Å². The average Bonchev–Trinajstić information content (AvgIpc) is 3.16. The Morgan fingerprint density at radius 2 is 2.00 bits per heavy atom. The molecule has 0 fully saturated rings. The first-order valence-corrected chi connectivity index (χ1v) is 7.53. The standard InChI is InChI=1S/C18H16N2O4/c1-10-17(13-8-12(22-2)4-5-14(13)19-10)18(21)20-11-3-6-15-16(7-11)24-9-23-15/h3-8,19H,9H2,1-2H3,(H,20,21). The second kappa shape index (κ2) is 5.49. The second-order valence-electron chi connectivity index (χ2n) is 5.56. The molecule has 3 aromatic rings. The van der Waals surface area contributed by atoms with Crippen molar-refractivity contribution in [2.75, 3.05) is 19.2 Å². The molecule has 0 unspecified atom stereocenters. The zero-order chi connectivity index (χ0) is 16.7. The molecular weight excluding hydrogens is 308 g/mol. The largest absolute Gasteiger partial charge is 0.497 e. The van der Waals surface area contributed by atoms with Crippen LogP contribution in [0, 0.1) is 6.92 Å². The van der Waals surface area contributed by atoms with Gasteiger partial charge in [-0.15, -0.1) is 0 Å². The van der Waals surface area contributed by atoms with Crippen molar-refractivity contribution >= 4 is 22.5 Å². The van der Waals surface area contributed by atoms with E-state index in [1.54, 1.807) is 25.3 Å².